The summed E-state index contributed by atoms with van der Waals surface area (Å²) in [5.41, 5.74) is 2.74. The van der Waals surface area contributed by atoms with Crippen molar-refractivity contribution >= 4 is 5.95 Å². The van der Waals surface area contributed by atoms with Gasteiger partial charge in [0.25, 0.3) is 5.56 Å². The van der Waals surface area contributed by atoms with Crippen molar-refractivity contribution < 1.29 is 14.2 Å². The molecular formula is C22H30N4O4. The number of hydrogen-bond donors (Lipinski definition) is 1. The molecule has 0 aliphatic carbocycles. The van der Waals surface area contributed by atoms with E-state index in [1.54, 1.807) is 14.2 Å². The first-order chi connectivity index (χ1) is 14.4. The maximum Gasteiger partial charge on any atom is 0.255 e. The van der Waals surface area contributed by atoms with E-state index in [4.69, 9.17) is 19.2 Å². The van der Waals surface area contributed by atoms with Crippen molar-refractivity contribution in [2.45, 2.75) is 45.6 Å². The molecule has 1 N–H and O–H groups in total. The van der Waals surface area contributed by atoms with Gasteiger partial charge in [-0.3, -0.25) is 14.7 Å². The van der Waals surface area contributed by atoms with Gasteiger partial charge in [-0.2, -0.15) is 0 Å². The van der Waals surface area contributed by atoms with Crippen LogP contribution in [-0.2, 0) is 24.2 Å². The number of morpholine rings is 1. The molecule has 2 atom stereocenters. The Balaban J connectivity index is 1.54. The summed E-state index contributed by atoms with van der Waals surface area (Å²) in [6.07, 6.45) is 0.902. The third-order valence-electron chi connectivity index (χ3n) is 5.68. The zero-order chi connectivity index (χ0) is 21.3. The van der Waals surface area contributed by atoms with Crippen LogP contribution in [0, 0.1) is 0 Å². The van der Waals surface area contributed by atoms with E-state index in [1.807, 2.05) is 32.0 Å². The fraction of sp³-hybridized carbons (Fsp3) is 0.545. The molecule has 0 radical (unpaired) electrons. The summed E-state index contributed by atoms with van der Waals surface area (Å²) in [5.74, 6) is 2.19. The Bertz CT molecular complexity index is 928. The molecule has 3 heterocycles. The summed E-state index contributed by atoms with van der Waals surface area (Å²) < 4.78 is 16.6. The predicted octanol–water partition coefficient (Wildman–Crippen LogP) is 1.96. The standard InChI is InChI=1S/C22H30N4O4/c1-14-10-26(11-15(2)30-14)22-23-20-13-25(6-5-19(20)21(27)24-22)12-16-7-17(28-3)9-18(8-16)29-4/h7-9,14-15H,5-6,10-13H2,1-4H3,(H,23,24,27)/t14-,15-/m0/s1. The van der Waals surface area contributed by atoms with Gasteiger partial charge >= 0.3 is 0 Å². The number of nitrogens with one attached hydrogen (secondary N) is 1. The minimum Gasteiger partial charge on any atom is -0.497 e. The number of H-pyrrole nitrogens is 1. The Hall–Kier alpha value is -2.58. The molecule has 8 heteroatoms. The highest BCUT2D eigenvalue weighted by Crippen LogP contribution is 2.25. The second-order valence-electron chi connectivity index (χ2n) is 8.16. The summed E-state index contributed by atoms with van der Waals surface area (Å²) in [7, 11) is 3.31. The molecule has 30 heavy (non-hydrogen) atoms. The first kappa shape index (κ1) is 20.7. The fourth-order valence-corrected chi connectivity index (χ4v) is 4.33. The minimum absolute atomic E-state index is 0.0236. The fourth-order valence-electron chi connectivity index (χ4n) is 4.33. The van der Waals surface area contributed by atoms with Gasteiger partial charge in [0.15, 0.2) is 0 Å². The summed E-state index contributed by atoms with van der Waals surface area (Å²) >= 11 is 0. The number of aromatic nitrogens is 2. The highest BCUT2D eigenvalue weighted by Gasteiger charge is 2.27. The normalized spacial score (nSPS) is 21.9. The van der Waals surface area contributed by atoms with Crippen LogP contribution < -0.4 is 19.9 Å². The van der Waals surface area contributed by atoms with E-state index < -0.39 is 0 Å². The lowest BCUT2D eigenvalue weighted by atomic mass is 10.1. The van der Waals surface area contributed by atoms with Gasteiger partial charge < -0.3 is 19.1 Å². The number of fused-ring (bicyclic) bond motifs is 1. The molecule has 8 nitrogen and oxygen atoms in total. The molecule has 1 aromatic heterocycles. The topological polar surface area (TPSA) is 79.9 Å². The maximum atomic E-state index is 12.7. The molecule has 0 bridgehead atoms. The van der Waals surface area contributed by atoms with E-state index in [0.29, 0.717) is 18.9 Å². The smallest absolute Gasteiger partial charge is 0.255 e. The van der Waals surface area contributed by atoms with Crippen LogP contribution in [0.5, 0.6) is 11.5 Å². The average Bonchev–Trinajstić information content (AvgIpc) is 2.72. The van der Waals surface area contributed by atoms with Crippen molar-refractivity contribution in [1.29, 1.82) is 0 Å². The first-order valence-corrected chi connectivity index (χ1v) is 10.4. The molecule has 2 aliphatic heterocycles. The molecule has 1 fully saturated rings. The largest absolute Gasteiger partial charge is 0.497 e. The lowest BCUT2D eigenvalue weighted by molar-refractivity contribution is -0.00576. The van der Waals surface area contributed by atoms with E-state index in [-0.39, 0.29) is 17.8 Å². The van der Waals surface area contributed by atoms with Gasteiger partial charge in [0.2, 0.25) is 5.95 Å². The molecule has 1 aromatic carbocycles. The summed E-state index contributed by atoms with van der Waals surface area (Å²) in [4.78, 5) is 25.0. The molecule has 2 aromatic rings. The third kappa shape index (κ3) is 4.44. The lowest BCUT2D eigenvalue weighted by Gasteiger charge is -2.36. The van der Waals surface area contributed by atoms with E-state index in [0.717, 1.165) is 54.5 Å². The van der Waals surface area contributed by atoms with Crippen LogP contribution >= 0.6 is 0 Å². The van der Waals surface area contributed by atoms with Gasteiger partial charge in [-0.1, -0.05) is 0 Å². The van der Waals surface area contributed by atoms with Gasteiger partial charge in [0.1, 0.15) is 11.5 Å². The minimum atomic E-state index is -0.0236. The van der Waals surface area contributed by atoms with Gasteiger partial charge in [-0.25, -0.2) is 4.98 Å². The van der Waals surface area contributed by atoms with Gasteiger partial charge in [-0.05, 0) is 38.0 Å². The van der Waals surface area contributed by atoms with Crippen molar-refractivity contribution in [2.24, 2.45) is 0 Å². The van der Waals surface area contributed by atoms with E-state index in [2.05, 4.69) is 14.8 Å². The number of aromatic amines is 1. The Morgan fingerprint density at radius 1 is 1.13 bits per heavy atom. The second kappa shape index (κ2) is 8.65. The van der Waals surface area contributed by atoms with Gasteiger partial charge in [0.05, 0.1) is 32.1 Å². The monoisotopic (exact) mass is 414 g/mol. The molecule has 1 saturated heterocycles. The van der Waals surface area contributed by atoms with Crippen molar-refractivity contribution in [2.75, 3.05) is 38.8 Å². The molecule has 2 aliphatic rings. The predicted molar refractivity (Wildman–Crippen MR) is 114 cm³/mol. The Morgan fingerprint density at radius 2 is 1.80 bits per heavy atom. The molecule has 0 amide bonds. The van der Waals surface area contributed by atoms with Gasteiger partial charge in [-0.15, -0.1) is 0 Å². The average molecular weight is 415 g/mol. The first-order valence-electron chi connectivity index (χ1n) is 10.4. The Labute approximate surface area is 176 Å². The number of nitrogens with zero attached hydrogens (tertiary/aromatic N) is 3. The molecule has 162 valence electrons. The van der Waals surface area contributed by atoms with E-state index >= 15 is 0 Å². The van der Waals surface area contributed by atoms with Crippen molar-refractivity contribution in [3.63, 3.8) is 0 Å². The van der Waals surface area contributed by atoms with Crippen LogP contribution in [-0.4, -0.2) is 60.9 Å². The summed E-state index contributed by atoms with van der Waals surface area (Å²) in [5, 5.41) is 0. The molecular weight excluding hydrogens is 384 g/mol. The van der Waals surface area contributed by atoms with Gasteiger partial charge in [0, 0.05) is 44.4 Å². The second-order valence-corrected chi connectivity index (χ2v) is 8.16. The highest BCUT2D eigenvalue weighted by molar-refractivity contribution is 5.39. The van der Waals surface area contributed by atoms with E-state index in [9.17, 15) is 4.79 Å². The molecule has 0 saturated carbocycles. The molecule has 0 spiro atoms. The number of rotatable bonds is 5. The zero-order valence-electron chi connectivity index (χ0n) is 18.1. The van der Waals surface area contributed by atoms with E-state index in [1.165, 1.54) is 0 Å². The number of anilines is 1. The maximum absolute atomic E-state index is 12.7. The third-order valence-corrected chi connectivity index (χ3v) is 5.68. The van der Waals surface area contributed by atoms with Crippen molar-refractivity contribution in [3.8, 4) is 11.5 Å². The van der Waals surface area contributed by atoms with Crippen LogP contribution in [0.25, 0.3) is 0 Å². The van der Waals surface area contributed by atoms with Crippen molar-refractivity contribution in [3.05, 3.63) is 45.4 Å². The van der Waals surface area contributed by atoms with Crippen LogP contribution in [0.15, 0.2) is 23.0 Å². The van der Waals surface area contributed by atoms with Crippen molar-refractivity contribution in [1.82, 2.24) is 14.9 Å². The lowest BCUT2D eigenvalue weighted by Crippen LogP contribution is -2.47. The quantitative estimate of drug-likeness (QED) is 0.801. The number of ether oxygens (including phenoxy) is 3. The zero-order valence-corrected chi connectivity index (χ0v) is 18.1. The highest BCUT2D eigenvalue weighted by atomic mass is 16.5. The van der Waals surface area contributed by atoms with Crippen LogP contribution in [0.1, 0.15) is 30.7 Å². The Kier molecular flexibility index (Phi) is 5.97. The Morgan fingerprint density at radius 3 is 2.43 bits per heavy atom. The van der Waals surface area contributed by atoms with Crippen LogP contribution in [0.3, 0.4) is 0 Å². The van der Waals surface area contributed by atoms with Crippen LogP contribution in [0.4, 0.5) is 5.95 Å². The summed E-state index contributed by atoms with van der Waals surface area (Å²) in [6, 6.07) is 5.91. The number of methoxy groups -OCH3 is 2. The summed E-state index contributed by atoms with van der Waals surface area (Å²) in [6.45, 7) is 7.72. The SMILES string of the molecule is COc1cc(CN2CCc3c(nc(N4C[C@H](C)O[C@@H](C)C4)[nH]c3=O)C2)cc(OC)c1. The number of hydrogen-bond acceptors (Lipinski definition) is 7. The molecule has 0 unspecified atom stereocenters. The molecule has 4 rings (SSSR count). The van der Waals surface area contributed by atoms with Crippen LogP contribution in [0.2, 0.25) is 0 Å². The number of benzene rings is 1.